The van der Waals surface area contributed by atoms with Crippen LogP contribution in [0.15, 0.2) is 36.7 Å². The molecule has 94 valence electrons. The van der Waals surface area contributed by atoms with Gasteiger partial charge in [-0.3, -0.25) is 14.8 Å². The number of hydrogen-bond acceptors (Lipinski definition) is 4. The molecule has 0 saturated heterocycles. The minimum absolute atomic E-state index is 0.0837. The molecular formula is C12H14N4O2. The number of rotatable bonds is 5. The highest BCUT2D eigenvalue weighted by atomic mass is 16.6. The molecule has 0 bridgehead atoms. The Kier molecular flexibility index (Phi) is 3.57. The molecule has 18 heavy (non-hydrogen) atoms. The molecule has 2 rings (SSSR count). The molecule has 1 heterocycles. The summed E-state index contributed by atoms with van der Waals surface area (Å²) >= 11 is 0. The van der Waals surface area contributed by atoms with E-state index in [0.29, 0.717) is 12.2 Å². The molecule has 0 aliphatic heterocycles. The van der Waals surface area contributed by atoms with Gasteiger partial charge in [0.05, 0.1) is 11.1 Å². The fourth-order valence-electron chi connectivity index (χ4n) is 1.65. The molecule has 0 atom stereocenters. The highest BCUT2D eigenvalue weighted by molar-refractivity contribution is 5.61. The Balaban J connectivity index is 2.08. The third-order valence-corrected chi connectivity index (χ3v) is 2.59. The zero-order valence-corrected chi connectivity index (χ0v) is 10.0. The topological polar surface area (TPSA) is 73.0 Å². The second kappa shape index (κ2) is 5.31. The molecule has 0 unspecified atom stereocenters. The Morgan fingerprint density at radius 3 is 2.89 bits per heavy atom. The fraction of sp³-hybridized carbons (Fsp3) is 0.250. The van der Waals surface area contributed by atoms with Crippen LogP contribution in [0.4, 0.5) is 11.4 Å². The Hall–Kier alpha value is -2.37. The minimum Gasteiger partial charge on any atom is -0.375 e. The van der Waals surface area contributed by atoms with Crippen molar-refractivity contribution in [2.45, 2.75) is 20.0 Å². The molecular weight excluding hydrogens is 232 g/mol. The van der Waals surface area contributed by atoms with Gasteiger partial charge in [-0.15, -0.1) is 0 Å². The van der Waals surface area contributed by atoms with Crippen LogP contribution in [0, 0.1) is 10.1 Å². The van der Waals surface area contributed by atoms with Gasteiger partial charge in [0.15, 0.2) is 0 Å². The van der Waals surface area contributed by atoms with Gasteiger partial charge in [0.25, 0.3) is 5.69 Å². The van der Waals surface area contributed by atoms with Crippen LogP contribution < -0.4 is 5.32 Å². The summed E-state index contributed by atoms with van der Waals surface area (Å²) < 4.78 is 1.82. The van der Waals surface area contributed by atoms with Gasteiger partial charge in [0, 0.05) is 30.9 Å². The van der Waals surface area contributed by atoms with E-state index in [1.54, 1.807) is 24.4 Å². The van der Waals surface area contributed by atoms with Crippen molar-refractivity contribution in [2.75, 3.05) is 5.32 Å². The van der Waals surface area contributed by atoms with E-state index in [9.17, 15) is 10.1 Å². The monoisotopic (exact) mass is 246 g/mol. The maximum atomic E-state index is 10.8. The summed E-state index contributed by atoms with van der Waals surface area (Å²) in [5.41, 5.74) is 1.60. The number of aromatic nitrogens is 2. The molecule has 0 spiro atoms. The van der Waals surface area contributed by atoms with Crippen LogP contribution in [0.3, 0.4) is 0 Å². The summed E-state index contributed by atoms with van der Waals surface area (Å²) in [5, 5.41) is 18.0. The second-order valence-electron chi connectivity index (χ2n) is 3.83. The lowest BCUT2D eigenvalue weighted by molar-refractivity contribution is -0.384. The van der Waals surface area contributed by atoms with E-state index in [-0.39, 0.29) is 5.69 Å². The molecule has 0 aliphatic rings. The molecule has 1 aromatic heterocycles. The van der Waals surface area contributed by atoms with E-state index in [1.807, 2.05) is 17.8 Å². The quantitative estimate of drug-likeness (QED) is 0.649. The van der Waals surface area contributed by atoms with E-state index in [2.05, 4.69) is 10.4 Å². The minimum atomic E-state index is -0.391. The van der Waals surface area contributed by atoms with E-state index in [4.69, 9.17) is 0 Å². The summed E-state index contributed by atoms with van der Waals surface area (Å²) in [6.07, 6.45) is 3.67. The van der Waals surface area contributed by atoms with Crippen molar-refractivity contribution in [3.05, 3.63) is 52.3 Å². The molecule has 1 N–H and O–H groups in total. The van der Waals surface area contributed by atoms with Crippen LogP contribution in [-0.2, 0) is 13.1 Å². The normalized spacial score (nSPS) is 10.3. The van der Waals surface area contributed by atoms with Gasteiger partial charge in [-0.25, -0.2) is 0 Å². The number of nitrogens with zero attached hydrogens (tertiary/aromatic N) is 3. The highest BCUT2D eigenvalue weighted by Crippen LogP contribution is 2.23. The van der Waals surface area contributed by atoms with Crippen molar-refractivity contribution in [1.29, 1.82) is 0 Å². The molecule has 0 fully saturated rings. The van der Waals surface area contributed by atoms with Crippen molar-refractivity contribution in [3.8, 4) is 0 Å². The maximum Gasteiger partial charge on any atom is 0.292 e. The van der Waals surface area contributed by atoms with Gasteiger partial charge >= 0.3 is 0 Å². The lowest BCUT2D eigenvalue weighted by Crippen LogP contribution is -2.01. The second-order valence-corrected chi connectivity index (χ2v) is 3.83. The van der Waals surface area contributed by atoms with Gasteiger partial charge in [-0.1, -0.05) is 12.1 Å². The van der Waals surface area contributed by atoms with E-state index in [0.717, 1.165) is 12.1 Å². The number of benzene rings is 1. The largest absolute Gasteiger partial charge is 0.375 e. The summed E-state index contributed by atoms with van der Waals surface area (Å²) in [5.74, 6) is 0. The number of nitro benzene ring substituents is 1. The maximum absolute atomic E-state index is 10.8. The first-order chi connectivity index (χ1) is 8.70. The number of nitro groups is 1. The molecule has 0 radical (unpaired) electrons. The number of anilines is 1. The smallest absolute Gasteiger partial charge is 0.292 e. The van der Waals surface area contributed by atoms with E-state index < -0.39 is 4.92 Å². The predicted octanol–water partition coefficient (Wildman–Crippen LogP) is 2.42. The van der Waals surface area contributed by atoms with Crippen molar-refractivity contribution in [1.82, 2.24) is 9.78 Å². The number of hydrogen-bond donors (Lipinski definition) is 1. The van der Waals surface area contributed by atoms with Gasteiger partial charge in [-0.2, -0.15) is 5.10 Å². The van der Waals surface area contributed by atoms with E-state index >= 15 is 0 Å². The first-order valence-electron chi connectivity index (χ1n) is 5.69. The standard InChI is InChI=1S/C12H14N4O2/c1-2-15-9-10(8-14-15)7-13-11-5-3-4-6-12(11)16(17)18/h3-6,8-9,13H,2,7H2,1H3. The third kappa shape index (κ3) is 2.65. The Morgan fingerprint density at radius 2 is 2.22 bits per heavy atom. The fourth-order valence-corrected chi connectivity index (χ4v) is 1.65. The average molecular weight is 246 g/mol. The van der Waals surface area contributed by atoms with Crippen LogP contribution in [-0.4, -0.2) is 14.7 Å². The number of aryl methyl sites for hydroxylation is 1. The van der Waals surface area contributed by atoms with Crippen LogP contribution in [0.5, 0.6) is 0 Å². The molecule has 2 aromatic rings. The van der Waals surface area contributed by atoms with Crippen LogP contribution in [0.25, 0.3) is 0 Å². The van der Waals surface area contributed by atoms with Gasteiger partial charge in [0.1, 0.15) is 5.69 Å². The third-order valence-electron chi connectivity index (χ3n) is 2.59. The number of para-hydroxylation sites is 2. The molecule has 1 aromatic carbocycles. The highest BCUT2D eigenvalue weighted by Gasteiger charge is 2.11. The number of nitrogens with one attached hydrogen (secondary N) is 1. The predicted molar refractivity (Wildman–Crippen MR) is 68.3 cm³/mol. The Bertz CT molecular complexity index is 551. The van der Waals surface area contributed by atoms with Crippen molar-refractivity contribution < 1.29 is 4.92 Å². The first-order valence-corrected chi connectivity index (χ1v) is 5.69. The molecule has 0 amide bonds. The summed E-state index contributed by atoms with van der Waals surface area (Å²) in [4.78, 5) is 10.4. The van der Waals surface area contributed by atoms with Crippen molar-refractivity contribution in [2.24, 2.45) is 0 Å². The van der Waals surface area contributed by atoms with Crippen molar-refractivity contribution >= 4 is 11.4 Å². The van der Waals surface area contributed by atoms with Crippen LogP contribution in [0.2, 0.25) is 0 Å². The summed E-state index contributed by atoms with van der Waals surface area (Å²) in [6, 6.07) is 6.60. The lowest BCUT2D eigenvalue weighted by Gasteiger charge is -2.04. The molecule has 6 heteroatoms. The molecule has 0 aliphatic carbocycles. The first kappa shape index (κ1) is 12.1. The Morgan fingerprint density at radius 1 is 1.44 bits per heavy atom. The van der Waals surface area contributed by atoms with E-state index in [1.165, 1.54) is 6.07 Å². The van der Waals surface area contributed by atoms with Gasteiger partial charge < -0.3 is 5.32 Å². The molecule has 6 nitrogen and oxygen atoms in total. The zero-order chi connectivity index (χ0) is 13.0. The molecule has 0 saturated carbocycles. The average Bonchev–Trinajstić information content (AvgIpc) is 2.84. The lowest BCUT2D eigenvalue weighted by atomic mass is 10.2. The van der Waals surface area contributed by atoms with Crippen LogP contribution >= 0.6 is 0 Å². The zero-order valence-electron chi connectivity index (χ0n) is 10.0. The Labute approximate surface area is 104 Å². The van der Waals surface area contributed by atoms with Gasteiger partial charge in [-0.05, 0) is 13.0 Å². The summed E-state index contributed by atoms with van der Waals surface area (Å²) in [7, 11) is 0. The SMILES string of the molecule is CCn1cc(CNc2ccccc2[N+](=O)[O-])cn1. The summed E-state index contributed by atoms with van der Waals surface area (Å²) in [6.45, 7) is 3.34. The van der Waals surface area contributed by atoms with Crippen LogP contribution in [0.1, 0.15) is 12.5 Å². The van der Waals surface area contributed by atoms with Crippen molar-refractivity contribution in [3.63, 3.8) is 0 Å². The van der Waals surface area contributed by atoms with Gasteiger partial charge in [0.2, 0.25) is 0 Å².